The zero-order valence-corrected chi connectivity index (χ0v) is 17.0. The van der Waals surface area contributed by atoms with Crippen LogP contribution in [0, 0.1) is 13.8 Å². The van der Waals surface area contributed by atoms with E-state index in [2.05, 4.69) is 5.16 Å². The second-order valence-corrected chi connectivity index (χ2v) is 8.89. The smallest absolute Gasteiger partial charge is 0.289 e. The number of sulfonamides is 1. The zero-order chi connectivity index (χ0) is 20.6. The van der Waals surface area contributed by atoms with Crippen LogP contribution >= 0.6 is 0 Å². The first-order valence-corrected chi connectivity index (χ1v) is 10.7. The summed E-state index contributed by atoms with van der Waals surface area (Å²) in [5.41, 5.74) is 2.16. The molecule has 0 atom stereocenters. The van der Waals surface area contributed by atoms with Gasteiger partial charge in [0, 0.05) is 37.8 Å². The highest BCUT2D eigenvalue weighted by atomic mass is 32.2. The van der Waals surface area contributed by atoms with E-state index >= 15 is 0 Å². The zero-order valence-electron chi connectivity index (χ0n) is 16.2. The number of furan rings is 1. The van der Waals surface area contributed by atoms with E-state index in [1.165, 1.54) is 10.6 Å². The molecule has 0 spiro atoms. The Labute approximate surface area is 168 Å². The lowest BCUT2D eigenvalue weighted by Gasteiger charge is -2.33. The van der Waals surface area contributed by atoms with Crippen LogP contribution in [0.1, 0.15) is 21.8 Å². The molecular formula is C20H21N3O5S. The van der Waals surface area contributed by atoms with Gasteiger partial charge in [-0.3, -0.25) is 4.79 Å². The highest BCUT2D eigenvalue weighted by Crippen LogP contribution is 2.27. The normalized spacial score (nSPS) is 15.6. The van der Waals surface area contributed by atoms with Crippen LogP contribution in [-0.2, 0) is 10.0 Å². The predicted octanol–water partition coefficient (Wildman–Crippen LogP) is 2.70. The van der Waals surface area contributed by atoms with E-state index < -0.39 is 10.0 Å². The van der Waals surface area contributed by atoms with Gasteiger partial charge in [-0.05, 0) is 49.7 Å². The molecule has 0 saturated carbocycles. The molecule has 152 valence electrons. The Morgan fingerprint density at radius 2 is 1.83 bits per heavy atom. The fourth-order valence-electron chi connectivity index (χ4n) is 3.42. The van der Waals surface area contributed by atoms with Crippen molar-refractivity contribution in [3.05, 3.63) is 59.7 Å². The fraction of sp³-hybridized carbons (Fsp3) is 0.300. The third kappa shape index (κ3) is 3.70. The van der Waals surface area contributed by atoms with Crippen LogP contribution in [0.4, 0.5) is 0 Å². The quantitative estimate of drug-likeness (QED) is 0.650. The minimum atomic E-state index is -3.66. The minimum Gasteiger partial charge on any atom is -0.459 e. The molecule has 1 saturated heterocycles. The van der Waals surface area contributed by atoms with Crippen LogP contribution in [0.3, 0.4) is 0 Å². The Balaban J connectivity index is 1.50. The van der Waals surface area contributed by atoms with Gasteiger partial charge in [-0.1, -0.05) is 5.16 Å². The molecule has 2 aromatic heterocycles. The van der Waals surface area contributed by atoms with Crippen molar-refractivity contribution in [1.82, 2.24) is 14.4 Å². The summed E-state index contributed by atoms with van der Waals surface area (Å²) >= 11 is 0. The molecular weight excluding hydrogens is 394 g/mol. The standard InChI is InChI=1S/C20H21N3O5S/c1-14-12-16(18-13-15(2)21-28-18)5-6-19(14)29(25,26)23-9-7-22(8-10-23)20(24)17-4-3-11-27-17/h3-6,11-13H,7-10H2,1-2H3. The van der Waals surface area contributed by atoms with Gasteiger partial charge in [0.2, 0.25) is 10.0 Å². The van der Waals surface area contributed by atoms with E-state index in [1.54, 1.807) is 48.2 Å². The molecule has 0 N–H and O–H groups in total. The number of aryl methyl sites for hydroxylation is 2. The molecule has 4 rings (SSSR count). The number of aromatic nitrogens is 1. The number of piperazine rings is 1. The highest BCUT2D eigenvalue weighted by Gasteiger charge is 2.32. The van der Waals surface area contributed by atoms with E-state index in [-0.39, 0.29) is 29.7 Å². The molecule has 1 aromatic carbocycles. The van der Waals surface area contributed by atoms with Gasteiger partial charge in [-0.15, -0.1) is 0 Å². The largest absolute Gasteiger partial charge is 0.459 e. The molecule has 0 radical (unpaired) electrons. The first kappa shape index (κ1) is 19.4. The van der Waals surface area contributed by atoms with Gasteiger partial charge in [0.1, 0.15) is 0 Å². The van der Waals surface area contributed by atoms with Crippen LogP contribution in [0.15, 0.2) is 56.5 Å². The van der Waals surface area contributed by atoms with Crippen molar-refractivity contribution in [2.45, 2.75) is 18.7 Å². The van der Waals surface area contributed by atoms with Crippen molar-refractivity contribution in [2.75, 3.05) is 26.2 Å². The number of hydrogen-bond acceptors (Lipinski definition) is 6. The summed E-state index contributed by atoms with van der Waals surface area (Å²) in [4.78, 5) is 14.2. The number of carbonyl (C=O) groups excluding carboxylic acids is 1. The number of rotatable bonds is 4. The Morgan fingerprint density at radius 3 is 2.41 bits per heavy atom. The summed E-state index contributed by atoms with van der Waals surface area (Å²) in [5, 5.41) is 3.87. The number of hydrogen-bond donors (Lipinski definition) is 0. The minimum absolute atomic E-state index is 0.227. The predicted molar refractivity (Wildman–Crippen MR) is 105 cm³/mol. The average molecular weight is 415 g/mol. The van der Waals surface area contributed by atoms with Crippen LogP contribution in [0.5, 0.6) is 0 Å². The molecule has 1 aliphatic heterocycles. The first-order chi connectivity index (χ1) is 13.9. The van der Waals surface area contributed by atoms with Crippen LogP contribution < -0.4 is 0 Å². The Morgan fingerprint density at radius 1 is 1.07 bits per heavy atom. The van der Waals surface area contributed by atoms with Gasteiger partial charge in [0.05, 0.1) is 16.9 Å². The molecule has 29 heavy (non-hydrogen) atoms. The van der Waals surface area contributed by atoms with Crippen molar-refractivity contribution in [3.63, 3.8) is 0 Å². The first-order valence-electron chi connectivity index (χ1n) is 9.23. The Hall–Kier alpha value is -2.91. The van der Waals surface area contributed by atoms with Crippen LogP contribution in [0.25, 0.3) is 11.3 Å². The third-order valence-corrected chi connectivity index (χ3v) is 7.02. The van der Waals surface area contributed by atoms with E-state index in [9.17, 15) is 13.2 Å². The molecule has 0 bridgehead atoms. The van der Waals surface area contributed by atoms with E-state index in [4.69, 9.17) is 8.94 Å². The maximum Gasteiger partial charge on any atom is 0.289 e. The molecule has 1 aliphatic rings. The van der Waals surface area contributed by atoms with Crippen molar-refractivity contribution in [2.24, 2.45) is 0 Å². The fourth-order valence-corrected chi connectivity index (χ4v) is 5.05. The van der Waals surface area contributed by atoms with E-state index in [1.807, 2.05) is 6.92 Å². The third-order valence-electron chi connectivity index (χ3n) is 4.96. The van der Waals surface area contributed by atoms with Gasteiger partial charge in [0.15, 0.2) is 11.5 Å². The summed E-state index contributed by atoms with van der Waals surface area (Å²) in [6.07, 6.45) is 1.44. The lowest BCUT2D eigenvalue weighted by molar-refractivity contribution is 0.0666. The maximum atomic E-state index is 13.1. The van der Waals surface area contributed by atoms with Crippen molar-refractivity contribution >= 4 is 15.9 Å². The molecule has 3 heterocycles. The molecule has 3 aromatic rings. The number of carbonyl (C=O) groups is 1. The lowest BCUT2D eigenvalue weighted by atomic mass is 10.1. The molecule has 1 amide bonds. The second kappa shape index (κ2) is 7.49. The number of nitrogens with zero attached hydrogens (tertiary/aromatic N) is 3. The van der Waals surface area contributed by atoms with E-state index in [0.29, 0.717) is 24.4 Å². The monoisotopic (exact) mass is 415 g/mol. The van der Waals surface area contributed by atoms with Gasteiger partial charge < -0.3 is 13.8 Å². The summed E-state index contributed by atoms with van der Waals surface area (Å²) in [5.74, 6) is 0.630. The molecule has 0 aliphatic carbocycles. The lowest BCUT2D eigenvalue weighted by Crippen LogP contribution is -2.50. The molecule has 8 nitrogen and oxygen atoms in total. The van der Waals surface area contributed by atoms with Gasteiger partial charge in [-0.25, -0.2) is 8.42 Å². The Kier molecular flexibility index (Phi) is 5.01. The number of benzene rings is 1. The average Bonchev–Trinajstić information content (AvgIpc) is 3.39. The summed E-state index contributed by atoms with van der Waals surface area (Å²) in [7, 11) is -3.66. The van der Waals surface area contributed by atoms with Crippen molar-refractivity contribution in [3.8, 4) is 11.3 Å². The second-order valence-electron chi connectivity index (χ2n) is 6.99. The molecule has 1 fully saturated rings. The van der Waals surface area contributed by atoms with Crippen LogP contribution in [0.2, 0.25) is 0 Å². The van der Waals surface area contributed by atoms with E-state index in [0.717, 1.165) is 11.3 Å². The van der Waals surface area contributed by atoms with Crippen LogP contribution in [-0.4, -0.2) is 54.9 Å². The SMILES string of the molecule is Cc1cc(-c2ccc(S(=O)(=O)N3CCN(C(=O)c4ccco4)CC3)c(C)c2)on1. The van der Waals surface area contributed by atoms with Gasteiger partial charge in [-0.2, -0.15) is 4.31 Å². The van der Waals surface area contributed by atoms with Crippen molar-refractivity contribution in [1.29, 1.82) is 0 Å². The van der Waals surface area contributed by atoms with Gasteiger partial charge in [0.25, 0.3) is 5.91 Å². The van der Waals surface area contributed by atoms with Gasteiger partial charge >= 0.3 is 0 Å². The molecule has 9 heteroatoms. The summed E-state index contributed by atoms with van der Waals surface area (Å²) < 4.78 is 38.1. The Bertz CT molecular complexity index is 1130. The summed E-state index contributed by atoms with van der Waals surface area (Å²) in [6.45, 7) is 4.68. The van der Waals surface area contributed by atoms with Crippen molar-refractivity contribution < 1.29 is 22.2 Å². The highest BCUT2D eigenvalue weighted by molar-refractivity contribution is 7.89. The topological polar surface area (TPSA) is 96.9 Å². The summed E-state index contributed by atoms with van der Waals surface area (Å²) in [6, 6.07) is 10.2. The maximum absolute atomic E-state index is 13.1. The number of amides is 1. The molecule has 0 unspecified atom stereocenters.